The summed E-state index contributed by atoms with van der Waals surface area (Å²) in [5.74, 6) is 0.0381. The number of anilines is 1. The molecule has 27 heavy (non-hydrogen) atoms. The van der Waals surface area contributed by atoms with E-state index in [9.17, 15) is 9.59 Å². The molecular weight excluding hydrogens is 362 g/mol. The van der Waals surface area contributed by atoms with Crippen LogP contribution in [0.2, 0.25) is 0 Å². The summed E-state index contributed by atoms with van der Waals surface area (Å²) in [7, 11) is 0. The van der Waals surface area contributed by atoms with E-state index < -0.39 is 0 Å². The zero-order valence-corrected chi connectivity index (χ0v) is 16.5. The Kier molecular flexibility index (Phi) is 6.52. The number of nitrogens with zero attached hydrogens (tertiary/aromatic N) is 3. The SMILES string of the molecule is CCN(CC)CCNC(=O)c1cccc(NC(=O)c2nnc(C3CC3)s2)c1. The summed E-state index contributed by atoms with van der Waals surface area (Å²) in [6.45, 7) is 7.53. The van der Waals surface area contributed by atoms with Gasteiger partial charge in [0.2, 0.25) is 5.01 Å². The summed E-state index contributed by atoms with van der Waals surface area (Å²) in [4.78, 5) is 26.9. The van der Waals surface area contributed by atoms with E-state index in [0.29, 0.717) is 28.7 Å². The van der Waals surface area contributed by atoms with Crippen molar-refractivity contribution < 1.29 is 9.59 Å². The Hall–Kier alpha value is -2.32. The van der Waals surface area contributed by atoms with E-state index in [-0.39, 0.29) is 11.8 Å². The second kappa shape index (κ2) is 9.05. The topological polar surface area (TPSA) is 87.2 Å². The van der Waals surface area contributed by atoms with Crippen molar-refractivity contribution in [2.24, 2.45) is 0 Å². The van der Waals surface area contributed by atoms with Crippen LogP contribution in [0.5, 0.6) is 0 Å². The molecule has 144 valence electrons. The Labute approximate surface area is 163 Å². The van der Waals surface area contributed by atoms with E-state index >= 15 is 0 Å². The molecule has 8 heteroatoms. The number of carbonyl (C=O) groups is 2. The zero-order valence-electron chi connectivity index (χ0n) is 15.7. The maximum atomic E-state index is 12.4. The molecule has 0 spiro atoms. The molecule has 1 saturated carbocycles. The Morgan fingerprint density at radius 3 is 2.67 bits per heavy atom. The van der Waals surface area contributed by atoms with Gasteiger partial charge in [0, 0.05) is 30.3 Å². The number of benzene rings is 1. The van der Waals surface area contributed by atoms with Crippen LogP contribution in [0.3, 0.4) is 0 Å². The lowest BCUT2D eigenvalue weighted by Gasteiger charge is -2.18. The van der Waals surface area contributed by atoms with Crippen LogP contribution in [0.15, 0.2) is 24.3 Å². The van der Waals surface area contributed by atoms with Gasteiger partial charge in [0.05, 0.1) is 0 Å². The molecule has 7 nitrogen and oxygen atoms in total. The maximum Gasteiger partial charge on any atom is 0.286 e. The molecule has 3 rings (SSSR count). The Morgan fingerprint density at radius 1 is 1.19 bits per heavy atom. The minimum atomic E-state index is -0.293. The van der Waals surface area contributed by atoms with Crippen molar-refractivity contribution in [2.75, 3.05) is 31.5 Å². The van der Waals surface area contributed by atoms with Gasteiger partial charge in [-0.05, 0) is 44.1 Å². The largest absolute Gasteiger partial charge is 0.351 e. The second-order valence-electron chi connectivity index (χ2n) is 6.54. The Bertz CT molecular complexity index is 799. The van der Waals surface area contributed by atoms with Crippen LogP contribution in [0.1, 0.15) is 57.8 Å². The second-order valence-corrected chi connectivity index (χ2v) is 7.55. The fourth-order valence-electron chi connectivity index (χ4n) is 2.71. The van der Waals surface area contributed by atoms with Gasteiger partial charge in [-0.15, -0.1) is 10.2 Å². The number of likely N-dealkylation sites (N-methyl/N-ethyl adjacent to an activating group) is 1. The highest BCUT2D eigenvalue weighted by Crippen LogP contribution is 2.41. The summed E-state index contributed by atoms with van der Waals surface area (Å²) in [6, 6.07) is 6.92. The number of hydrogen-bond acceptors (Lipinski definition) is 6. The zero-order chi connectivity index (χ0) is 19.2. The molecule has 0 atom stereocenters. The van der Waals surface area contributed by atoms with Gasteiger partial charge < -0.3 is 15.5 Å². The van der Waals surface area contributed by atoms with E-state index in [2.05, 4.69) is 39.6 Å². The summed E-state index contributed by atoms with van der Waals surface area (Å²) < 4.78 is 0. The fraction of sp³-hybridized carbons (Fsp3) is 0.474. The van der Waals surface area contributed by atoms with E-state index in [1.54, 1.807) is 24.3 Å². The van der Waals surface area contributed by atoms with Gasteiger partial charge in [-0.25, -0.2) is 0 Å². The molecule has 1 fully saturated rings. The van der Waals surface area contributed by atoms with Crippen LogP contribution < -0.4 is 10.6 Å². The first-order chi connectivity index (χ1) is 13.1. The predicted molar refractivity (Wildman–Crippen MR) is 106 cm³/mol. The molecule has 2 amide bonds. The third kappa shape index (κ3) is 5.33. The average Bonchev–Trinajstić information content (AvgIpc) is 3.41. The van der Waals surface area contributed by atoms with Crippen molar-refractivity contribution in [3.63, 3.8) is 0 Å². The summed E-state index contributed by atoms with van der Waals surface area (Å²) in [5.41, 5.74) is 1.09. The highest BCUT2D eigenvalue weighted by Gasteiger charge is 2.28. The number of nitrogens with one attached hydrogen (secondary N) is 2. The van der Waals surface area contributed by atoms with E-state index in [1.807, 2.05) is 0 Å². The van der Waals surface area contributed by atoms with E-state index in [4.69, 9.17) is 0 Å². The van der Waals surface area contributed by atoms with Crippen LogP contribution in [-0.4, -0.2) is 53.1 Å². The lowest BCUT2D eigenvalue weighted by molar-refractivity contribution is 0.0947. The highest BCUT2D eigenvalue weighted by atomic mass is 32.1. The van der Waals surface area contributed by atoms with Gasteiger partial charge >= 0.3 is 0 Å². The first-order valence-corrected chi connectivity index (χ1v) is 10.2. The van der Waals surface area contributed by atoms with Crippen LogP contribution >= 0.6 is 11.3 Å². The van der Waals surface area contributed by atoms with Crippen molar-refractivity contribution in [1.29, 1.82) is 0 Å². The molecular formula is C19H25N5O2S. The lowest BCUT2D eigenvalue weighted by Crippen LogP contribution is -2.34. The third-order valence-electron chi connectivity index (χ3n) is 4.55. The van der Waals surface area contributed by atoms with E-state index in [0.717, 1.165) is 37.5 Å². The molecule has 0 unspecified atom stereocenters. The van der Waals surface area contributed by atoms with Gasteiger partial charge in [-0.2, -0.15) is 0 Å². The molecule has 1 aromatic heterocycles. The van der Waals surface area contributed by atoms with Gasteiger partial charge in [0.15, 0.2) is 0 Å². The lowest BCUT2D eigenvalue weighted by atomic mass is 10.2. The van der Waals surface area contributed by atoms with Crippen molar-refractivity contribution >= 4 is 28.8 Å². The highest BCUT2D eigenvalue weighted by molar-refractivity contribution is 7.13. The van der Waals surface area contributed by atoms with Gasteiger partial charge in [-0.3, -0.25) is 9.59 Å². The first kappa shape index (κ1) is 19.4. The molecule has 0 radical (unpaired) electrons. The molecule has 1 aromatic carbocycles. The number of rotatable bonds is 9. The van der Waals surface area contributed by atoms with Gasteiger partial charge in [-0.1, -0.05) is 31.3 Å². The van der Waals surface area contributed by atoms with Gasteiger partial charge in [0.1, 0.15) is 5.01 Å². The van der Waals surface area contributed by atoms with Crippen LogP contribution in [0.4, 0.5) is 5.69 Å². The normalized spacial score (nSPS) is 13.6. The van der Waals surface area contributed by atoms with Crippen LogP contribution in [0, 0.1) is 0 Å². The number of carbonyl (C=O) groups excluding carboxylic acids is 2. The summed E-state index contributed by atoms with van der Waals surface area (Å²) >= 11 is 1.34. The van der Waals surface area contributed by atoms with Crippen molar-refractivity contribution in [2.45, 2.75) is 32.6 Å². The van der Waals surface area contributed by atoms with E-state index in [1.165, 1.54) is 11.3 Å². The maximum absolute atomic E-state index is 12.4. The number of hydrogen-bond donors (Lipinski definition) is 2. The smallest absolute Gasteiger partial charge is 0.286 e. The molecule has 1 aliphatic rings. The monoisotopic (exact) mass is 387 g/mol. The number of amides is 2. The molecule has 0 aliphatic heterocycles. The molecule has 1 aliphatic carbocycles. The van der Waals surface area contributed by atoms with Crippen LogP contribution in [-0.2, 0) is 0 Å². The molecule has 2 N–H and O–H groups in total. The molecule has 2 aromatic rings. The van der Waals surface area contributed by atoms with Gasteiger partial charge in [0.25, 0.3) is 11.8 Å². The fourth-order valence-corrected chi connectivity index (χ4v) is 3.62. The minimum Gasteiger partial charge on any atom is -0.351 e. The van der Waals surface area contributed by atoms with Crippen molar-refractivity contribution in [3.05, 3.63) is 39.8 Å². The summed E-state index contributed by atoms with van der Waals surface area (Å²) in [6.07, 6.45) is 2.25. The predicted octanol–water partition coefficient (Wildman–Crippen LogP) is 2.74. The minimum absolute atomic E-state index is 0.148. The van der Waals surface area contributed by atoms with Crippen LogP contribution in [0.25, 0.3) is 0 Å². The summed E-state index contributed by atoms with van der Waals surface area (Å²) in [5, 5.41) is 15.1. The average molecular weight is 388 g/mol. The standard InChI is InChI=1S/C19H25N5O2S/c1-3-24(4-2)11-10-20-16(25)14-6-5-7-15(12-14)21-17(26)19-23-22-18(27-19)13-8-9-13/h5-7,12-13H,3-4,8-11H2,1-2H3,(H,20,25)(H,21,26). The quantitative estimate of drug-likeness (QED) is 0.691. The molecule has 0 saturated heterocycles. The molecule has 0 bridgehead atoms. The van der Waals surface area contributed by atoms with Crippen molar-refractivity contribution in [3.8, 4) is 0 Å². The Morgan fingerprint density at radius 2 is 1.96 bits per heavy atom. The Balaban J connectivity index is 1.55. The number of aromatic nitrogens is 2. The van der Waals surface area contributed by atoms with Crippen molar-refractivity contribution in [1.82, 2.24) is 20.4 Å². The first-order valence-electron chi connectivity index (χ1n) is 9.36. The molecule has 1 heterocycles. The third-order valence-corrected chi connectivity index (χ3v) is 5.64.